The number of rotatable bonds is 4. The van der Waals surface area contributed by atoms with Crippen LogP contribution in [0.4, 0.5) is 0 Å². The van der Waals surface area contributed by atoms with Crippen LogP contribution in [-0.2, 0) is 0 Å². The largest absolute Gasteiger partial charge is 0.0979 e. The van der Waals surface area contributed by atoms with Crippen molar-refractivity contribution in [3.63, 3.8) is 0 Å². The van der Waals surface area contributed by atoms with Gasteiger partial charge in [0.05, 0.1) is 0 Å². The Hall–Kier alpha value is 1.40. The maximum atomic E-state index is 2.20. The van der Waals surface area contributed by atoms with E-state index in [1.165, 1.54) is 12.2 Å². The molecular formula is C6H16S4. The zero-order valence-corrected chi connectivity index (χ0v) is 10.3. The molecule has 64 valence electrons. The second kappa shape index (κ2) is 16.8. The van der Waals surface area contributed by atoms with Crippen LogP contribution in [0.1, 0.15) is 13.3 Å². The molecule has 0 heterocycles. The molecule has 0 spiro atoms. The molecular weight excluding hydrogens is 200 g/mol. The molecule has 0 N–H and O–H groups in total. The normalized spacial score (nSPS) is 8.40. The van der Waals surface area contributed by atoms with Crippen molar-refractivity contribution in [2.45, 2.75) is 13.3 Å². The molecule has 0 atom stereocenters. The van der Waals surface area contributed by atoms with E-state index >= 15 is 0 Å². The number of hydrogen-bond donors (Lipinski definition) is 0. The standard InChI is InChI=1S/C4H10S2.C2H6S2/c1-3-4-6-5-2;1-3-4-2/h3-4H2,1-2H3;1-2H3. The van der Waals surface area contributed by atoms with Crippen molar-refractivity contribution < 1.29 is 0 Å². The molecule has 0 saturated carbocycles. The molecule has 0 radical (unpaired) electrons. The molecule has 0 aromatic rings. The van der Waals surface area contributed by atoms with Gasteiger partial charge in [-0.05, 0) is 25.2 Å². The van der Waals surface area contributed by atoms with Gasteiger partial charge in [-0.3, -0.25) is 0 Å². The molecule has 0 nitrogen and oxygen atoms in total. The van der Waals surface area contributed by atoms with Crippen LogP contribution in [0.25, 0.3) is 0 Å². The Morgan fingerprint density at radius 2 is 1.40 bits per heavy atom. The monoisotopic (exact) mass is 216 g/mol. The average molecular weight is 216 g/mol. The van der Waals surface area contributed by atoms with Crippen molar-refractivity contribution >= 4 is 43.2 Å². The fourth-order valence-electron chi connectivity index (χ4n) is 0.167. The molecule has 0 aliphatic heterocycles. The van der Waals surface area contributed by atoms with Gasteiger partial charge in [0.15, 0.2) is 0 Å². The van der Waals surface area contributed by atoms with E-state index in [1.54, 1.807) is 21.6 Å². The predicted molar refractivity (Wildman–Crippen MR) is 63.3 cm³/mol. The SMILES string of the molecule is CCCSSC.CSSC. The lowest BCUT2D eigenvalue weighted by Crippen LogP contribution is -1.63. The first-order valence-corrected chi connectivity index (χ1v) is 8.75. The van der Waals surface area contributed by atoms with Gasteiger partial charge in [-0.15, -0.1) is 0 Å². The molecule has 10 heavy (non-hydrogen) atoms. The van der Waals surface area contributed by atoms with E-state index in [9.17, 15) is 0 Å². The van der Waals surface area contributed by atoms with E-state index in [0.29, 0.717) is 0 Å². The molecule has 0 bridgehead atoms. The summed E-state index contributed by atoms with van der Waals surface area (Å²) in [6.45, 7) is 2.20. The van der Waals surface area contributed by atoms with Crippen LogP contribution in [0.3, 0.4) is 0 Å². The first kappa shape index (κ1) is 14.0. The summed E-state index contributed by atoms with van der Waals surface area (Å²) >= 11 is 0. The lowest BCUT2D eigenvalue weighted by Gasteiger charge is -1.86. The highest BCUT2D eigenvalue weighted by Crippen LogP contribution is 2.16. The van der Waals surface area contributed by atoms with Gasteiger partial charge in [0.2, 0.25) is 0 Å². The zero-order chi connectivity index (χ0) is 8.24. The second-order valence-corrected chi connectivity index (χ2v) is 6.67. The van der Waals surface area contributed by atoms with E-state index in [1.807, 2.05) is 21.6 Å². The maximum Gasteiger partial charge on any atom is 0.00342 e. The maximum absolute atomic E-state index is 2.20. The summed E-state index contributed by atoms with van der Waals surface area (Å²) in [5.74, 6) is 1.29. The molecule has 0 rings (SSSR count). The Morgan fingerprint density at radius 3 is 1.50 bits per heavy atom. The molecule has 0 aliphatic carbocycles. The van der Waals surface area contributed by atoms with Gasteiger partial charge in [0, 0.05) is 5.75 Å². The van der Waals surface area contributed by atoms with Gasteiger partial charge in [-0.1, -0.05) is 50.1 Å². The summed E-state index contributed by atoms with van der Waals surface area (Å²) in [5, 5.41) is 0. The van der Waals surface area contributed by atoms with E-state index in [4.69, 9.17) is 0 Å². The minimum absolute atomic E-state index is 1.29. The van der Waals surface area contributed by atoms with Crippen molar-refractivity contribution in [1.29, 1.82) is 0 Å². The van der Waals surface area contributed by atoms with Crippen LogP contribution < -0.4 is 0 Å². The van der Waals surface area contributed by atoms with E-state index < -0.39 is 0 Å². The quantitative estimate of drug-likeness (QED) is 0.514. The van der Waals surface area contributed by atoms with Crippen LogP contribution in [0.5, 0.6) is 0 Å². The molecule has 0 fully saturated rings. The second-order valence-electron chi connectivity index (χ2n) is 1.32. The summed E-state index contributed by atoms with van der Waals surface area (Å²) in [4.78, 5) is 0. The van der Waals surface area contributed by atoms with Crippen LogP contribution >= 0.6 is 43.2 Å². The Bertz CT molecular complexity index is 34.7. The Labute approximate surface area is 80.9 Å². The third-order valence-corrected chi connectivity index (χ3v) is 3.92. The molecule has 0 saturated heterocycles. The van der Waals surface area contributed by atoms with Crippen molar-refractivity contribution in [2.24, 2.45) is 0 Å². The minimum Gasteiger partial charge on any atom is -0.0979 e. The predicted octanol–water partition coefficient (Wildman–Crippen LogP) is 4.04. The topological polar surface area (TPSA) is 0 Å². The Kier molecular flexibility index (Phi) is 23.4. The Balaban J connectivity index is 0. The minimum atomic E-state index is 1.29. The van der Waals surface area contributed by atoms with Crippen molar-refractivity contribution in [2.75, 3.05) is 24.5 Å². The highest BCUT2D eigenvalue weighted by Gasteiger charge is 1.75. The highest BCUT2D eigenvalue weighted by atomic mass is 33.1. The van der Waals surface area contributed by atoms with Gasteiger partial charge >= 0.3 is 0 Å². The first-order chi connectivity index (χ1) is 4.83. The molecule has 0 amide bonds. The van der Waals surface area contributed by atoms with Crippen LogP contribution in [-0.4, -0.2) is 24.5 Å². The Morgan fingerprint density at radius 1 is 0.900 bits per heavy atom. The molecule has 0 aromatic heterocycles. The van der Waals surface area contributed by atoms with E-state index in [0.717, 1.165) is 0 Å². The third-order valence-electron chi connectivity index (χ3n) is 0.572. The molecule has 4 heteroatoms. The summed E-state index contributed by atoms with van der Waals surface area (Å²) in [5.41, 5.74) is 0. The van der Waals surface area contributed by atoms with E-state index in [2.05, 4.69) is 25.7 Å². The van der Waals surface area contributed by atoms with Gasteiger partial charge < -0.3 is 0 Å². The zero-order valence-electron chi connectivity index (χ0n) is 7.05. The molecule has 0 unspecified atom stereocenters. The fourth-order valence-corrected chi connectivity index (χ4v) is 1.50. The van der Waals surface area contributed by atoms with Crippen LogP contribution in [0, 0.1) is 0 Å². The summed E-state index contributed by atoms with van der Waals surface area (Å²) in [6, 6.07) is 0. The summed E-state index contributed by atoms with van der Waals surface area (Å²) in [7, 11) is 7.31. The smallest absolute Gasteiger partial charge is 0.00342 e. The van der Waals surface area contributed by atoms with Crippen molar-refractivity contribution in [1.82, 2.24) is 0 Å². The van der Waals surface area contributed by atoms with Crippen LogP contribution in [0.15, 0.2) is 0 Å². The molecule has 0 aromatic carbocycles. The average Bonchev–Trinajstić information content (AvgIpc) is 2.01. The molecule has 0 aliphatic rings. The highest BCUT2D eigenvalue weighted by molar-refractivity contribution is 8.76. The van der Waals surface area contributed by atoms with E-state index in [-0.39, 0.29) is 0 Å². The van der Waals surface area contributed by atoms with Gasteiger partial charge in [-0.25, -0.2) is 0 Å². The number of hydrogen-bond acceptors (Lipinski definition) is 4. The van der Waals surface area contributed by atoms with Crippen LogP contribution in [0.2, 0.25) is 0 Å². The van der Waals surface area contributed by atoms with Gasteiger partial charge in [-0.2, -0.15) is 0 Å². The lowest BCUT2D eigenvalue weighted by atomic mass is 10.6. The van der Waals surface area contributed by atoms with Crippen molar-refractivity contribution in [3.8, 4) is 0 Å². The van der Waals surface area contributed by atoms with Gasteiger partial charge in [0.1, 0.15) is 0 Å². The summed E-state index contributed by atoms with van der Waals surface area (Å²) in [6.07, 6.45) is 7.53. The third kappa shape index (κ3) is 22.7. The fraction of sp³-hybridized carbons (Fsp3) is 1.00. The summed E-state index contributed by atoms with van der Waals surface area (Å²) < 4.78 is 0. The van der Waals surface area contributed by atoms with Gasteiger partial charge in [0.25, 0.3) is 0 Å². The van der Waals surface area contributed by atoms with Crippen molar-refractivity contribution in [3.05, 3.63) is 0 Å². The lowest BCUT2D eigenvalue weighted by molar-refractivity contribution is 1.11. The first-order valence-electron chi connectivity index (χ1n) is 3.05.